The SMILES string of the molecule is CCC1(COCCCCCCOc2ccc(C(=O)Oc3ccc(-c4ccc(OC(F)(F)C(F)(F)C(F)(F)C(F)(F)C(F)(F)C(F)(F)C(F)(F)C(F)(F)C(F)(F)C(F)(F)C(F)(F)F)cc4)cc3)cc2)COC1. The van der Waals surface area contributed by atoms with Crippen LogP contribution in [0.1, 0.15) is 49.4 Å². The molecule has 29 heteroatoms. The van der Waals surface area contributed by atoms with Crippen molar-refractivity contribution in [1.29, 1.82) is 0 Å². The number of benzene rings is 3. The van der Waals surface area contributed by atoms with Crippen LogP contribution in [0.3, 0.4) is 0 Å². The molecular weight excluding hydrogens is 1040 g/mol. The predicted molar refractivity (Wildman–Crippen MR) is 198 cm³/mol. The van der Waals surface area contributed by atoms with Crippen molar-refractivity contribution in [2.75, 3.05) is 33.0 Å². The van der Waals surface area contributed by atoms with Crippen molar-refractivity contribution in [3.05, 3.63) is 78.4 Å². The van der Waals surface area contributed by atoms with Gasteiger partial charge in [-0.25, -0.2) is 4.79 Å². The zero-order chi connectivity index (χ0) is 54.1. The van der Waals surface area contributed by atoms with E-state index in [1.807, 2.05) is 0 Å². The van der Waals surface area contributed by atoms with Gasteiger partial charge >= 0.3 is 71.6 Å². The van der Waals surface area contributed by atoms with Gasteiger partial charge in [0.05, 0.1) is 32.0 Å². The molecule has 4 rings (SSSR count). The quantitative estimate of drug-likeness (QED) is 0.0365. The van der Waals surface area contributed by atoms with Crippen LogP contribution in [0, 0.1) is 5.41 Å². The summed E-state index contributed by atoms with van der Waals surface area (Å²) < 4.78 is 341. The minimum absolute atomic E-state index is 0.0595. The number of alkyl halides is 23. The van der Waals surface area contributed by atoms with Gasteiger partial charge in [-0.3, -0.25) is 0 Å². The van der Waals surface area contributed by atoms with Gasteiger partial charge in [0.25, 0.3) is 0 Å². The Labute approximate surface area is 385 Å². The van der Waals surface area contributed by atoms with E-state index in [0.717, 1.165) is 44.2 Å². The van der Waals surface area contributed by atoms with Gasteiger partial charge in [-0.2, -0.15) is 101 Å². The number of hydrogen-bond donors (Lipinski definition) is 0. The van der Waals surface area contributed by atoms with Crippen molar-refractivity contribution in [3.8, 4) is 28.4 Å². The molecule has 1 aliphatic rings. The first-order valence-corrected chi connectivity index (χ1v) is 20.1. The summed E-state index contributed by atoms with van der Waals surface area (Å²) in [5.74, 6) is -84.2. The Morgan fingerprint density at radius 2 is 0.859 bits per heavy atom. The number of unbranched alkanes of at least 4 members (excludes halogenated alkanes) is 3. The highest BCUT2D eigenvalue weighted by atomic mass is 19.4. The second-order valence-corrected chi connectivity index (χ2v) is 15.9. The first kappa shape index (κ1) is 58.6. The Balaban J connectivity index is 1.36. The lowest BCUT2D eigenvalue weighted by Gasteiger charge is -2.45. The van der Waals surface area contributed by atoms with Crippen LogP contribution in [-0.4, -0.2) is 105 Å². The Kier molecular flexibility index (Phi) is 16.6. The van der Waals surface area contributed by atoms with Gasteiger partial charge in [0.2, 0.25) is 0 Å². The van der Waals surface area contributed by atoms with Crippen molar-refractivity contribution in [2.24, 2.45) is 5.41 Å². The molecule has 1 aliphatic heterocycles. The van der Waals surface area contributed by atoms with Gasteiger partial charge in [-0.05, 0) is 85.3 Å². The fraction of sp³-hybridized carbons (Fsp3) is 0.548. The summed E-state index contributed by atoms with van der Waals surface area (Å²) in [6.45, 7) is 5.18. The van der Waals surface area contributed by atoms with Crippen molar-refractivity contribution in [2.45, 2.75) is 105 Å². The van der Waals surface area contributed by atoms with Crippen LogP contribution in [0.2, 0.25) is 0 Å². The minimum Gasteiger partial charge on any atom is -0.494 e. The van der Waals surface area contributed by atoms with Gasteiger partial charge in [-0.15, -0.1) is 0 Å². The first-order chi connectivity index (χ1) is 32.3. The molecule has 1 saturated heterocycles. The van der Waals surface area contributed by atoms with E-state index in [-0.39, 0.29) is 40.0 Å². The maximum Gasteiger partial charge on any atom is 0.471 e. The average Bonchev–Trinajstić information content (AvgIpc) is 3.26. The highest BCUT2D eigenvalue weighted by Crippen LogP contribution is 2.67. The molecule has 0 amide bonds. The second-order valence-electron chi connectivity index (χ2n) is 15.9. The number of halogens is 23. The molecular formula is C42H35F23O6. The molecule has 3 aromatic carbocycles. The zero-order valence-electron chi connectivity index (χ0n) is 35.6. The summed E-state index contributed by atoms with van der Waals surface area (Å²) in [6.07, 6.45) is -11.1. The third-order valence-corrected chi connectivity index (χ3v) is 10.9. The highest BCUT2D eigenvalue weighted by molar-refractivity contribution is 5.91. The van der Waals surface area contributed by atoms with Crippen LogP contribution < -0.4 is 14.2 Å². The number of carbonyl (C=O) groups is 1. The van der Waals surface area contributed by atoms with E-state index < -0.39 is 77.3 Å². The molecule has 0 bridgehead atoms. The Hall–Kier alpha value is -4.96. The summed E-state index contributed by atoms with van der Waals surface area (Å²) in [5, 5.41) is 0. The van der Waals surface area contributed by atoms with Gasteiger partial charge < -0.3 is 23.7 Å². The molecule has 0 aliphatic carbocycles. The standard InChI is InChI=1S/C42H35F23O6/c1-2-31(22-68-23-31)21-67-19-5-3-4-6-20-69-27-13-11-26(12-14-27)30(66)70-28-15-7-24(8-16-28)25-9-17-29(18-10-25)71-42(64,65)40(59,60)38(55,56)36(51,52)34(47,48)32(43,44)33(45,46)35(49,50)37(53,54)39(57,58)41(61,62)63/h7-18H,2-6,19-23H2,1H3. The number of ether oxygens (including phenoxy) is 5. The van der Waals surface area contributed by atoms with Gasteiger partial charge in [0.1, 0.15) is 17.2 Å². The van der Waals surface area contributed by atoms with E-state index in [9.17, 15) is 106 Å². The molecule has 0 spiro atoms. The van der Waals surface area contributed by atoms with Crippen molar-refractivity contribution >= 4 is 5.97 Å². The summed E-state index contributed by atoms with van der Waals surface area (Å²) in [6, 6.07) is 12.1. The van der Waals surface area contributed by atoms with E-state index in [1.54, 1.807) is 0 Å². The lowest BCUT2D eigenvalue weighted by Crippen LogP contribution is -2.77. The normalized spacial score (nSPS) is 15.8. The Morgan fingerprint density at radius 3 is 1.25 bits per heavy atom. The van der Waals surface area contributed by atoms with Gasteiger partial charge in [-0.1, -0.05) is 37.6 Å². The maximum absolute atomic E-state index is 14.5. The summed E-state index contributed by atoms with van der Waals surface area (Å²) in [7, 11) is 0. The van der Waals surface area contributed by atoms with Crippen LogP contribution in [0.25, 0.3) is 11.1 Å². The number of carbonyl (C=O) groups excluding carboxylic acids is 1. The molecule has 0 atom stereocenters. The van der Waals surface area contributed by atoms with E-state index in [2.05, 4.69) is 11.7 Å². The van der Waals surface area contributed by atoms with Gasteiger partial charge in [0, 0.05) is 12.0 Å². The van der Waals surface area contributed by atoms with Crippen LogP contribution in [0.4, 0.5) is 101 Å². The van der Waals surface area contributed by atoms with Crippen LogP contribution in [-0.2, 0) is 9.47 Å². The van der Waals surface area contributed by atoms with Crippen LogP contribution in [0.15, 0.2) is 72.8 Å². The van der Waals surface area contributed by atoms with E-state index in [4.69, 9.17) is 18.9 Å². The van der Waals surface area contributed by atoms with Gasteiger partial charge in [0.15, 0.2) is 0 Å². The van der Waals surface area contributed by atoms with E-state index in [0.29, 0.717) is 50.9 Å². The zero-order valence-corrected chi connectivity index (χ0v) is 35.6. The molecule has 1 heterocycles. The lowest BCUT2D eigenvalue weighted by molar-refractivity contribution is -0.483. The molecule has 0 saturated carbocycles. The molecule has 1 fully saturated rings. The molecule has 0 radical (unpaired) electrons. The number of rotatable bonds is 25. The van der Waals surface area contributed by atoms with Crippen molar-refractivity contribution < 1.29 is 129 Å². The monoisotopic (exact) mass is 1070 g/mol. The van der Waals surface area contributed by atoms with E-state index >= 15 is 0 Å². The summed E-state index contributed by atoms with van der Waals surface area (Å²) in [5.41, 5.74) is 0.121. The second kappa shape index (κ2) is 20.2. The highest BCUT2D eigenvalue weighted by Gasteiger charge is 2.99. The first-order valence-electron chi connectivity index (χ1n) is 20.1. The maximum atomic E-state index is 14.5. The number of esters is 1. The third kappa shape index (κ3) is 10.6. The summed E-state index contributed by atoms with van der Waals surface area (Å²) >= 11 is 0. The fourth-order valence-corrected chi connectivity index (χ4v) is 6.16. The Bertz CT molecular complexity index is 2240. The smallest absolute Gasteiger partial charge is 0.471 e. The average molecular weight is 1070 g/mol. The van der Waals surface area contributed by atoms with Crippen LogP contribution >= 0.6 is 0 Å². The van der Waals surface area contributed by atoms with Crippen LogP contribution in [0.5, 0.6) is 17.2 Å². The largest absolute Gasteiger partial charge is 0.494 e. The predicted octanol–water partition coefficient (Wildman–Crippen LogP) is 14.2. The molecule has 0 aromatic heterocycles. The topological polar surface area (TPSA) is 63.2 Å². The summed E-state index contributed by atoms with van der Waals surface area (Å²) in [4.78, 5) is 12.7. The molecule has 0 N–H and O–H groups in total. The molecule has 400 valence electrons. The molecule has 6 nitrogen and oxygen atoms in total. The molecule has 0 unspecified atom stereocenters. The molecule has 3 aromatic rings. The fourth-order valence-electron chi connectivity index (χ4n) is 6.16. The molecule has 71 heavy (non-hydrogen) atoms. The van der Waals surface area contributed by atoms with Crippen molar-refractivity contribution in [3.63, 3.8) is 0 Å². The Morgan fingerprint density at radius 1 is 0.479 bits per heavy atom. The minimum atomic E-state index is -9.49. The van der Waals surface area contributed by atoms with Crippen molar-refractivity contribution in [1.82, 2.24) is 0 Å². The third-order valence-electron chi connectivity index (χ3n) is 10.9. The lowest BCUT2D eigenvalue weighted by atomic mass is 9.84. The number of hydrogen-bond acceptors (Lipinski definition) is 6. The van der Waals surface area contributed by atoms with E-state index in [1.165, 1.54) is 36.4 Å².